The molecule has 664 valence electrons. The van der Waals surface area contributed by atoms with Gasteiger partial charge in [0, 0.05) is 123 Å². The molecule has 0 unspecified atom stereocenters. The summed E-state index contributed by atoms with van der Waals surface area (Å²) in [7, 11) is 0. The number of aromatic hydroxyl groups is 7. The molecular weight excluding hydrogens is 1730 g/mol. The van der Waals surface area contributed by atoms with E-state index in [2.05, 4.69) is 208 Å². The van der Waals surface area contributed by atoms with Crippen molar-refractivity contribution in [1.82, 2.24) is 0 Å². The molecule has 14 nitrogen and oxygen atoms in total. The van der Waals surface area contributed by atoms with Gasteiger partial charge >= 0.3 is 0 Å². The number of anilines is 7. The van der Waals surface area contributed by atoms with E-state index in [1.54, 1.807) is 0 Å². The number of para-hydroxylation sites is 1. The quantitative estimate of drug-likeness (QED) is 0.0321. The number of rotatable bonds is 21. The highest BCUT2D eigenvalue weighted by Crippen LogP contribution is 2.35. The normalized spacial score (nSPS) is 10.4. The SMILES string of the molecule is Cc1cc(C)c(O)c(CNc2ccccc2C)c1.Cc1ccc(NCc2cc(Br)cc(Br)c2O)cc1.Cc1ccc(NCc2cc(C)cc(C)c2O)c(Cl)c1.Cc1ccc(NCc2cc(C)cc(C)c2O)cc1.Cc1ccc(NCc2cc(C)cc(C)c2O)cc1.Cc1cccc(NCc2cc(C)cc(C)c2O)c1.Cc1cccc(NCc2cc(C)cc(C)c2O)c1. The summed E-state index contributed by atoms with van der Waals surface area (Å²) >= 11 is 12.9. The first-order valence-corrected chi connectivity index (χ1v) is 44.6. The van der Waals surface area contributed by atoms with Crippen LogP contribution in [0, 0.1) is 132 Å². The highest BCUT2D eigenvalue weighted by atomic mass is 79.9. The average molecular weight is 1850 g/mol. The molecule has 0 saturated carbocycles. The minimum Gasteiger partial charge on any atom is -0.507 e. The molecule has 0 fully saturated rings. The van der Waals surface area contributed by atoms with Crippen LogP contribution in [0.5, 0.6) is 40.2 Å². The van der Waals surface area contributed by atoms with Gasteiger partial charge in [0.25, 0.3) is 0 Å². The third kappa shape index (κ3) is 32.5. The molecule has 0 aliphatic carbocycles. The van der Waals surface area contributed by atoms with Crippen LogP contribution in [0.4, 0.5) is 39.8 Å². The van der Waals surface area contributed by atoms with Gasteiger partial charge in [-0.25, -0.2) is 0 Å². The Morgan fingerprint density at radius 1 is 0.205 bits per heavy atom. The summed E-state index contributed by atoms with van der Waals surface area (Å²) < 4.78 is 1.63. The number of phenols is 7. The van der Waals surface area contributed by atoms with Crippen LogP contribution >= 0.6 is 43.5 Å². The lowest BCUT2D eigenvalue weighted by molar-refractivity contribution is 0.464. The summed E-state index contributed by atoms with van der Waals surface area (Å²) in [6.45, 7) is 42.5. The third-order valence-electron chi connectivity index (χ3n) is 21.1. The molecule has 0 saturated heterocycles. The Labute approximate surface area is 775 Å². The van der Waals surface area contributed by atoms with E-state index >= 15 is 0 Å². The Morgan fingerprint density at radius 2 is 0.465 bits per heavy atom. The number of hydrogen-bond acceptors (Lipinski definition) is 14. The van der Waals surface area contributed by atoms with Crippen molar-refractivity contribution in [3.05, 3.63) is 407 Å². The molecule has 14 N–H and O–H groups in total. The predicted molar refractivity (Wildman–Crippen MR) is 544 cm³/mol. The van der Waals surface area contributed by atoms with E-state index in [4.69, 9.17) is 11.6 Å². The van der Waals surface area contributed by atoms with Gasteiger partial charge in [-0.05, 0) is 294 Å². The largest absolute Gasteiger partial charge is 0.507 e. The van der Waals surface area contributed by atoms with Gasteiger partial charge in [-0.2, -0.15) is 0 Å². The minimum absolute atomic E-state index is 0.276. The maximum atomic E-state index is 10.0. The second-order valence-electron chi connectivity index (χ2n) is 33.0. The number of phenolic OH excluding ortho intramolecular Hbond substituents is 7. The zero-order valence-electron chi connectivity index (χ0n) is 76.9. The van der Waals surface area contributed by atoms with Crippen molar-refractivity contribution in [3.63, 3.8) is 0 Å². The van der Waals surface area contributed by atoms with Crippen molar-refractivity contribution < 1.29 is 35.7 Å². The van der Waals surface area contributed by atoms with E-state index in [-0.39, 0.29) is 5.75 Å². The molecule has 0 aliphatic heterocycles. The zero-order valence-corrected chi connectivity index (χ0v) is 80.8. The second kappa shape index (κ2) is 48.9. The summed E-state index contributed by atoms with van der Waals surface area (Å²) in [5.74, 6) is 2.57. The maximum absolute atomic E-state index is 10.0. The van der Waals surface area contributed by atoms with Crippen molar-refractivity contribution >= 4 is 83.3 Å². The molecular formula is C110H126Br2ClN7O7. The summed E-state index contributed by atoms with van der Waals surface area (Å²) in [6, 6.07) is 82.9. The first kappa shape index (κ1) is 99.9. The summed E-state index contributed by atoms with van der Waals surface area (Å²) in [6.07, 6.45) is 0. The molecule has 0 bridgehead atoms. The van der Waals surface area contributed by atoms with Crippen LogP contribution in [0.1, 0.15) is 145 Å². The topological polar surface area (TPSA) is 226 Å². The molecule has 127 heavy (non-hydrogen) atoms. The van der Waals surface area contributed by atoms with Crippen LogP contribution in [0.15, 0.2) is 258 Å². The summed E-state index contributed by atoms with van der Waals surface area (Å²) in [4.78, 5) is 0. The van der Waals surface area contributed by atoms with E-state index in [1.807, 2.05) is 242 Å². The monoisotopic (exact) mass is 1850 g/mol. The standard InChI is InChI=1S/C16H18ClNO.5C16H19NO.C14H13Br2NO/c1-10-4-5-15(14(17)8-10)18-9-13-7-11(2)6-12(3)16(13)19;2*1-11-4-6-15(7-5-11)17-10-14-9-12(2)8-13(3)16(14)18;2*1-11-5-4-6-15(9-11)17-10-14-8-12(2)7-13(3)16(14)18;1-11-8-13(3)16(18)14(9-11)10-17-15-7-5-4-6-12(15)2;1-9-2-4-12(5-3-9)17-8-10-6-11(15)7-13(16)14(10)18/h4-8,18-19H,9H2,1-3H3;5*4-9,17-18H,10H2,1-3H3;2-7,17-18H,8H2,1H3. The van der Waals surface area contributed by atoms with Crippen LogP contribution in [0.3, 0.4) is 0 Å². The zero-order chi connectivity index (χ0) is 92.7. The minimum atomic E-state index is 0.276. The molecule has 14 aromatic rings. The molecule has 0 radical (unpaired) electrons. The number of nitrogens with one attached hydrogen (secondary N) is 7. The van der Waals surface area contributed by atoms with Gasteiger partial charge in [0.15, 0.2) is 0 Å². The highest BCUT2D eigenvalue weighted by Gasteiger charge is 2.14. The van der Waals surface area contributed by atoms with Crippen molar-refractivity contribution in [1.29, 1.82) is 0 Å². The van der Waals surface area contributed by atoms with Gasteiger partial charge in [0.2, 0.25) is 0 Å². The fourth-order valence-electron chi connectivity index (χ4n) is 14.3. The van der Waals surface area contributed by atoms with Crippen molar-refractivity contribution in [2.24, 2.45) is 0 Å². The Morgan fingerprint density at radius 3 is 0.756 bits per heavy atom. The smallest absolute Gasteiger partial charge is 0.134 e. The molecule has 0 heterocycles. The lowest BCUT2D eigenvalue weighted by atomic mass is 10.1. The Kier molecular flexibility index (Phi) is 38.5. The molecule has 14 rings (SSSR count). The fraction of sp³-hybridized carbons (Fsp3) is 0.236. The van der Waals surface area contributed by atoms with Gasteiger partial charge in [-0.15, -0.1) is 0 Å². The molecule has 0 aromatic heterocycles. The van der Waals surface area contributed by atoms with E-state index in [0.29, 0.717) is 89.8 Å². The summed E-state index contributed by atoms with van der Waals surface area (Å²) in [5, 5.41) is 94.0. The molecule has 0 spiro atoms. The highest BCUT2D eigenvalue weighted by molar-refractivity contribution is 9.11. The number of hydrogen-bond donors (Lipinski definition) is 14. The van der Waals surface area contributed by atoms with Crippen molar-refractivity contribution in [2.75, 3.05) is 37.2 Å². The van der Waals surface area contributed by atoms with Crippen LogP contribution in [-0.4, -0.2) is 35.7 Å². The fourth-order valence-corrected chi connectivity index (χ4v) is 15.9. The second-order valence-corrected chi connectivity index (χ2v) is 35.2. The molecule has 0 amide bonds. The van der Waals surface area contributed by atoms with Crippen LogP contribution < -0.4 is 37.2 Å². The van der Waals surface area contributed by atoms with E-state index in [9.17, 15) is 35.7 Å². The molecule has 14 aromatic carbocycles. The van der Waals surface area contributed by atoms with E-state index in [0.717, 1.165) is 128 Å². The first-order chi connectivity index (χ1) is 60.3. The van der Waals surface area contributed by atoms with Gasteiger partial charge in [0.05, 0.1) is 15.2 Å². The Hall–Kier alpha value is -12.5. The van der Waals surface area contributed by atoms with Gasteiger partial charge in [-0.1, -0.05) is 235 Å². The van der Waals surface area contributed by atoms with Crippen LogP contribution in [0.25, 0.3) is 0 Å². The van der Waals surface area contributed by atoms with Gasteiger partial charge in [-0.3, -0.25) is 0 Å². The van der Waals surface area contributed by atoms with Crippen LogP contribution in [0.2, 0.25) is 5.02 Å². The number of halogens is 3. The first-order valence-electron chi connectivity index (χ1n) is 42.6. The Balaban J connectivity index is 0.000000183. The lowest BCUT2D eigenvalue weighted by Crippen LogP contribution is -2.02. The average Bonchev–Trinajstić information content (AvgIpc) is 0.865. The lowest BCUT2D eigenvalue weighted by Gasteiger charge is -2.12. The van der Waals surface area contributed by atoms with Gasteiger partial charge in [0.1, 0.15) is 40.2 Å². The third-order valence-corrected chi connectivity index (χ3v) is 22.4. The van der Waals surface area contributed by atoms with Gasteiger partial charge < -0.3 is 73.0 Å². The predicted octanol–water partition coefficient (Wildman–Crippen LogP) is 29.1. The van der Waals surface area contributed by atoms with Crippen molar-refractivity contribution in [2.45, 2.75) is 177 Å². The number of benzene rings is 14. The van der Waals surface area contributed by atoms with Crippen LogP contribution in [-0.2, 0) is 45.8 Å². The van der Waals surface area contributed by atoms with Crippen molar-refractivity contribution in [3.8, 4) is 40.2 Å². The van der Waals surface area contributed by atoms with E-state index < -0.39 is 0 Å². The Bertz CT molecular complexity index is 5630. The molecule has 17 heteroatoms. The summed E-state index contributed by atoms with van der Waals surface area (Å²) in [5.41, 5.74) is 34.8. The number of aryl methyl sites for hydroxylation is 19. The molecule has 0 atom stereocenters. The maximum Gasteiger partial charge on any atom is 0.134 e. The molecule has 0 aliphatic rings. The van der Waals surface area contributed by atoms with E-state index in [1.165, 1.54) is 61.2 Å².